The molecule has 32 heavy (non-hydrogen) atoms. The molecule has 1 atom stereocenters. The first-order valence-corrected chi connectivity index (χ1v) is 13.9. The number of aromatic amines is 1. The lowest BCUT2D eigenvalue weighted by Gasteiger charge is -2.43. The highest BCUT2D eigenvalue weighted by Gasteiger charge is 2.40. The molecule has 2 saturated heterocycles. The Hall–Kier alpha value is -1.57. The second-order valence-corrected chi connectivity index (χ2v) is 13.4. The Morgan fingerprint density at radius 1 is 1.31 bits per heavy atom. The summed E-state index contributed by atoms with van der Waals surface area (Å²) in [6.07, 6.45) is 4.97. The number of likely N-dealkylation sites (tertiary alicyclic amines) is 1. The molecule has 2 aliphatic heterocycles. The summed E-state index contributed by atoms with van der Waals surface area (Å²) in [5.74, 6) is 5.92. The lowest BCUT2D eigenvalue weighted by molar-refractivity contribution is -0.134. The highest BCUT2D eigenvalue weighted by atomic mass is 35.5. The number of fused-ring (bicyclic) bond motifs is 1. The number of carbonyl (C=O) groups is 1. The number of nitrogens with zero attached hydrogens (tertiary/aromatic N) is 2. The fourth-order valence-electron chi connectivity index (χ4n) is 5.35. The van der Waals surface area contributed by atoms with Crippen LogP contribution in [0.4, 0.5) is 0 Å². The average molecular weight is 480 g/mol. The molecule has 8 heteroatoms. The standard InChI is InChI=1S/C24H34ClN3O3S/c1-24(2,23(30)20-14-19(25)13-17-15-26-27-22(17)20)18-4-8-28(9-5-18)21(29)12-16-6-10-32(3,31)11-7-16/h13-16,18,23,30H,3-12H2,1-2H3,(H,26,27). The number of aliphatic hydroxyl groups is 1. The number of halogens is 1. The topological polar surface area (TPSA) is 86.3 Å². The number of rotatable bonds is 5. The zero-order valence-electron chi connectivity index (χ0n) is 19.0. The summed E-state index contributed by atoms with van der Waals surface area (Å²) in [5, 5.41) is 19.9. The van der Waals surface area contributed by atoms with Crippen molar-refractivity contribution in [2.24, 2.45) is 17.3 Å². The maximum absolute atomic E-state index is 12.9. The number of hydrogen-bond donors (Lipinski definition) is 2. The molecule has 1 unspecified atom stereocenters. The minimum atomic E-state index is -1.91. The van der Waals surface area contributed by atoms with E-state index in [0.717, 1.165) is 42.1 Å². The van der Waals surface area contributed by atoms with E-state index in [9.17, 15) is 14.1 Å². The molecule has 0 bridgehead atoms. The molecular formula is C24H34ClN3O3S. The summed E-state index contributed by atoms with van der Waals surface area (Å²) < 4.78 is 12.1. The number of aliphatic hydroxyl groups excluding tert-OH is 1. The summed E-state index contributed by atoms with van der Waals surface area (Å²) in [4.78, 5) is 14.8. The van der Waals surface area contributed by atoms with Gasteiger partial charge in [0.15, 0.2) is 0 Å². The maximum Gasteiger partial charge on any atom is 0.222 e. The van der Waals surface area contributed by atoms with E-state index in [2.05, 4.69) is 29.9 Å². The molecule has 2 aliphatic rings. The fraction of sp³-hybridized carbons (Fsp3) is 0.625. The van der Waals surface area contributed by atoms with Gasteiger partial charge in [-0.2, -0.15) is 5.10 Å². The Morgan fingerprint density at radius 3 is 2.62 bits per heavy atom. The highest BCUT2D eigenvalue weighted by Crippen LogP contribution is 2.46. The average Bonchev–Trinajstić information content (AvgIpc) is 3.22. The number of carbonyl (C=O) groups excluding carboxylic acids is 1. The Bertz CT molecular complexity index is 1070. The van der Waals surface area contributed by atoms with Gasteiger partial charge >= 0.3 is 0 Å². The lowest BCUT2D eigenvalue weighted by atomic mass is 9.68. The SMILES string of the molecule is C=S1(=O)CCC(CC(=O)N2CCC(C(C)(C)C(O)c3cc(Cl)cc4cn[nH]c34)CC2)CC1. The van der Waals surface area contributed by atoms with Crippen LogP contribution in [-0.4, -0.2) is 60.8 Å². The molecular weight excluding hydrogens is 446 g/mol. The van der Waals surface area contributed by atoms with E-state index >= 15 is 0 Å². The Balaban J connectivity index is 1.37. The Labute approximate surface area is 195 Å². The summed E-state index contributed by atoms with van der Waals surface area (Å²) >= 11 is 6.29. The number of nitrogens with one attached hydrogen (secondary N) is 1. The molecule has 2 N–H and O–H groups in total. The number of aromatic nitrogens is 2. The van der Waals surface area contributed by atoms with E-state index in [1.165, 1.54) is 0 Å². The minimum Gasteiger partial charge on any atom is -0.388 e. The second-order valence-electron chi connectivity index (χ2n) is 10.2. The smallest absolute Gasteiger partial charge is 0.222 e. The molecule has 2 aromatic rings. The zero-order valence-corrected chi connectivity index (χ0v) is 20.6. The Morgan fingerprint density at radius 2 is 1.97 bits per heavy atom. The molecule has 1 amide bonds. The predicted molar refractivity (Wildman–Crippen MR) is 131 cm³/mol. The first-order valence-electron chi connectivity index (χ1n) is 11.5. The summed E-state index contributed by atoms with van der Waals surface area (Å²) in [5.41, 5.74) is 1.21. The number of H-pyrrole nitrogens is 1. The minimum absolute atomic E-state index is 0.207. The van der Waals surface area contributed by atoms with Gasteiger partial charge in [0.1, 0.15) is 0 Å². The van der Waals surface area contributed by atoms with Crippen molar-refractivity contribution in [3.63, 3.8) is 0 Å². The number of amides is 1. The first-order chi connectivity index (χ1) is 15.1. The van der Waals surface area contributed by atoms with Crippen LogP contribution >= 0.6 is 11.6 Å². The van der Waals surface area contributed by atoms with Crippen LogP contribution < -0.4 is 0 Å². The Kier molecular flexibility index (Phi) is 6.63. The lowest BCUT2D eigenvalue weighted by Crippen LogP contribution is -2.44. The van der Waals surface area contributed by atoms with Gasteiger partial charge in [0, 0.05) is 47.0 Å². The van der Waals surface area contributed by atoms with Crippen molar-refractivity contribution in [1.82, 2.24) is 15.1 Å². The van der Waals surface area contributed by atoms with Crippen LogP contribution in [0.25, 0.3) is 10.9 Å². The van der Waals surface area contributed by atoms with Crippen molar-refractivity contribution >= 4 is 43.8 Å². The van der Waals surface area contributed by atoms with Crippen LogP contribution in [0.3, 0.4) is 0 Å². The largest absolute Gasteiger partial charge is 0.388 e. The highest BCUT2D eigenvalue weighted by molar-refractivity contribution is 8.00. The van der Waals surface area contributed by atoms with Crippen molar-refractivity contribution in [1.29, 1.82) is 0 Å². The number of hydrogen-bond acceptors (Lipinski definition) is 4. The van der Waals surface area contributed by atoms with Crippen LogP contribution in [0.1, 0.15) is 57.6 Å². The van der Waals surface area contributed by atoms with E-state index < -0.39 is 15.6 Å². The van der Waals surface area contributed by atoms with Crippen LogP contribution in [0, 0.1) is 17.3 Å². The normalized spacial score (nSPS) is 26.4. The van der Waals surface area contributed by atoms with Gasteiger partial charge in [0.2, 0.25) is 5.91 Å². The molecule has 2 fully saturated rings. The van der Waals surface area contributed by atoms with E-state index in [0.29, 0.717) is 42.0 Å². The van der Waals surface area contributed by atoms with E-state index in [4.69, 9.17) is 11.6 Å². The van der Waals surface area contributed by atoms with Crippen molar-refractivity contribution in [3.8, 4) is 0 Å². The van der Waals surface area contributed by atoms with Crippen molar-refractivity contribution in [2.45, 2.75) is 52.1 Å². The van der Waals surface area contributed by atoms with E-state index in [-0.39, 0.29) is 17.2 Å². The second kappa shape index (κ2) is 8.99. The van der Waals surface area contributed by atoms with Gasteiger partial charge in [-0.05, 0) is 70.5 Å². The quantitative estimate of drug-likeness (QED) is 0.634. The van der Waals surface area contributed by atoms with Crippen LogP contribution in [-0.2, 0) is 14.3 Å². The first kappa shape index (κ1) is 23.6. The predicted octanol–water partition coefficient (Wildman–Crippen LogP) is 4.03. The third kappa shape index (κ3) is 4.85. The fourth-order valence-corrected chi connectivity index (χ4v) is 7.31. The van der Waals surface area contributed by atoms with Gasteiger partial charge in [0.05, 0.1) is 17.8 Å². The monoisotopic (exact) mass is 479 g/mol. The molecule has 4 rings (SSSR count). The van der Waals surface area contributed by atoms with Gasteiger partial charge in [-0.1, -0.05) is 25.4 Å². The summed E-state index contributed by atoms with van der Waals surface area (Å²) in [7, 11) is -1.91. The summed E-state index contributed by atoms with van der Waals surface area (Å²) in [6, 6.07) is 3.66. The third-order valence-electron chi connectivity index (χ3n) is 7.70. The molecule has 176 valence electrons. The maximum atomic E-state index is 12.9. The van der Waals surface area contributed by atoms with Crippen LogP contribution in [0.15, 0.2) is 18.3 Å². The molecule has 1 aromatic heterocycles. The van der Waals surface area contributed by atoms with Gasteiger partial charge in [-0.3, -0.25) is 14.1 Å². The van der Waals surface area contributed by atoms with Gasteiger partial charge < -0.3 is 10.0 Å². The van der Waals surface area contributed by atoms with E-state index in [1.807, 2.05) is 17.0 Å². The summed E-state index contributed by atoms with van der Waals surface area (Å²) in [6.45, 7) is 5.63. The molecule has 0 aliphatic carbocycles. The molecule has 0 spiro atoms. The zero-order chi connectivity index (χ0) is 23.1. The number of benzene rings is 1. The van der Waals surface area contributed by atoms with Crippen molar-refractivity contribution in [3.05, 3.63) is 28.9 Å². The van der Waals surface area contributed by atoms with Crippen molar-refractivity contribution in [2.75, 3.05) is 24.6 Å². The molecule has 6 nitrogen and oxygen atoms in total. The van der Waals surface area contributed by atoms with Gasteiger partial charge in [-0.25, -0.2) is 0 Å². The van der Waals surface area contributed by atoms with Crippen LogP contribution in [0.2, 0.25) is 5.02 Å². The molecule has 0 saturated carbocycles. The molecule has 1 aromatic carbocycles. The van der Waals surface area contributed by atoms with Gasteiger partial charge in [0.25, 0.3) is 0 Å². The third-order valence-corrected chi connectivity index (χ3v) is 9.88. The van der Waals surface area contributed by atoms with Crippen molar-refractivity contribution < 1.29 is 14.1 Å². The molecule has 0 radical (unpaired) electrons. The molecule has 3 heterocycles. The van der Waals surface area contributed by atoms with Crippen LogP contribution in [0.5, 0.6) is 0 Å². The van der Waals surface area contributed by atoms with Gasteiger partial charge in [-0.15, -0.1) is 0 Å². The van der Waals surface area contributed by atoms with E-state index in [1.54, 1.807) is 6.20 Å². The number of piperidine rings is 1.